The lowest BCUT2D eigenvalue weighted by Gasteiger charge is -2.23. The van der Waals surface area contributed by atoms with Gasteiger partial charge in [0.15, 0.2) is 5.82 Å². The average molecular weight is 428 g/mol. The van der Waals surface area contributed by atoms with Crippen molar-refractivity contribution < 1.29 is 12.8 Å². The first kappa shape index (κ1) is 20.3. The highest BCUT2D eigenvalue weighted by Gasteiger charge is 2.37. The molecule has 1 N–H and O–H groups in total. The maximum absolute atomic E-state index is 13.2. The molecule has 0 unspecified atom stereocenters. The number of sulfonamides is 1. The van der Waals surface area contributed by atoms with Crippen LogP contribution in [0.15, 0.2) is 47.6 Å². The maximum atomic E-state index is 13.2. The zero-order chi connectivity index (χ0) is 21.3. The molecular weight excluding hydrogens is 407 g/mol. The van der Waals surface area contributed by atoms with Gasteiger partial charge in [0.05, 0.1) is 29.0 Å². The molecule has 0 bridgehead atoms. The largest absolute Gasteiger partial charge is 0.307 e. The van der Waals surface area contributed by atoms with Crippen LogP contribution in [0.2, 0.25) is 0 Å². The molecular formula is C20H21FN6O2S. The van der Waals surface area contributed by atoms with E-state index >= 15 is 0 Å². The van der Waals surface area contributed by atoms with Gasteiger partial charge < -0.3 is 5.32 Å². The summed E-state index contributed by atoms with van der Waals surface area (Å²) in [4.78, 5) is 17.5. The van der Waals surface area contributed by atoms with E-state index < -0.39 is 21.9 Å². The molecule has 1 fully saturated rings. The Labute approximate surface area is 174 Å². The molecule has 1 saturated heterocycles. The molecule has 3 aromatic rings. The van der Waals surface area contributed by atoms with Gasteiger partial charge in [0.25, 0.3) is 0 Å². The Hall–Kier alpha value is -2.98. The van der Waals surface area contributed by atoms with E-state index in [0.29, 0.717) is 36.8 Å². The lowest BCUT2D eigenvalue weighted by Crippen LogP contribution is -2.31. The molecule has 8 nitrogen and oxygen atoms in total. The first-order valence-corrected chi connectivity index (χ1v) is 11.0. The van der Waals surface area contributed by atoms with Crippen molar-refractivity contribution in [1.82, 2.24) is 24.2 Å². The Balaban J connectivity index is 1.61. The fourth-order valence-electron chi connectivity index (χ4n) is 3.56. The van der Waals surface area contributed by atoms with Gasteiger partial charge in [0.2, 0.25) is 16.0 Å². The molecule has 4 rings (SSSR count). The quantitative estimate of drug-likeness (QED) is 0.665. The molecule has 0 radical (unpaired) electrons. The van der Waals surface area contributed by atoms with Crippen molar-refractivity contribution in [3.8, 4) is 0 Å². The van der Waals surface area contributed by atoms with Crippen LogP contribution in [0.3, 0.4) is 0 Å². The molecule has 0 aliphatic carbocycles. The Kier molecular flexibility index (Phi) is 5.44. The summed E-state index contributed by atoms with van der Waals surface area (Å²) >= 11 is 0. The zero-order valence-corrected chi connectivity index (χ0v) is 17.4. The fourth-order valence-corrected chi connectivity index (χ4v) is 5.23. The number of nitrogens with one attached hydrogen (secondary N) is 1. The van der Waals surface area contributed by atoms with E-state index in [0.717, 1.165) is 23.5 Å². The van der Waals surface area contributed by atoms with Crippen LogP contribution in [-0.4, -0.2) is 39.2 Å². The van der Waals surface area contributed by atoms with Crippen molar-refractivity contribution in [1.29, 1.82) is 0 Å². The van der Waals surface area contributed by atoms with Gasteiger partial charge in [-0.15, -0.1) is 0 Å². The predicted octanol–water partition coefficient (Wildman–Crippen LogP) is 3.29. The van der Waals surface area contributed by atoms with Crippen molar-refractivity contribution in [3.63, 3.8) is 0 Å². The van der Waals surface area contributed by atoms with E-state index in [-0.39, 0.29) is 4.90 Å². The molecule has 10 heteroatoms. The highest BCUT2D eigenvalue weighted by atomic mass is 32.2. The molecule has 1 aromatic carbocycles. The number of halogens is 1. The average Bonchev–Trinajstić information content (AvgIpc) is 3.18. The second kappa shape index (κ2) is 8.04. The van der Waals surface area contributed by atoms with Crippen molar-refractivity contribution in [3.05, 3.63) is 65.6 Å². The van der Waals surface area contributed by atoms with Gasteiger partial charge >= 0.3 is 0 Å². The summed E-state index contributed by atoms with van der Waals surface area (Å²) < 4.78 is 40.8. The Morgan fingerprint density at radius 2 is 1.77 bits per heavy atom. The topological polar surface area (TPSA) is 101 Å². The lowest BCUT2D eigenvalue weighted by molar-refractivity contribution is 0.390. The number of hydrogen-bond acceptors (Lipinski definition) is 7. The first-order chi connectivity index (χ1) is 14.3. The van der Waals surface area contributed by atoms with Crippen LogP contribution in [-0.2, 0) is 10.0 Å². The van der Waals surface area contributed by atoms with Gasteiger partial charge in [0.1, 0.15) is 5.82 Å². The highest BCUT2D eigenvalue weighted by Crippen LogP contribution is 2.36. The lowest BCUT2D eigenvalue weighted by atomic mass is 10.2. The van der Waals surface area contributed by atoms with Crippen molar-refractivity contribution >= 4 is 21.8 Å². The third-order valence-electron chi connectivity index (χ3n) is 4.84. The van der Waals surface area contributed by atoms with E-state index in [1.54, 1.807) is 6.20 Å². The van der Waals surface area contributed by atoms with Crippen LogP contribution in [0.1, 0.15) is 36.0 Å². The summed E-state index contributed by atoms with van der Waals surface area (Å²) in [5, 5.41) is 3.04. The number of nitrogens with zero attached hydrogens (tertiary/aromatic N) is 5. The van der Waals surface area contributed by atoms with E-state index in [1.807, 2.05) is 19.9 Å². The minimum Gasteiger partial charge on any atom is -0.307 e. The number of benzene rings is 1. The van der Waals surface area contributed by atoms with Crippen molar-refractivity contribution in [2.75, 3.05) is 11.9 Å². The summed E-state index contributed by atoms with van der Waals surface area (Å²) in [6, 6.07) is 6.26. The molecule has 0 spiro atoms. The van der Waals surface area contributed by atoms with E-state index in [9.17, 15) is 12.8 Å². The molecule has 1 atom stereocenters. The molecule has 0 saturated carbocycles. The van der Waals surface area contributed by atoms with Gasteiger partial charge in [-0.05, 0) is 57.0 Å². The monoisotopic (exact) mass is 428 g/mol. The fraction of sp³-hybridized carbons (Fsp3) is 0.300. The van der Waals surface area contributed by atoms with Crippen LogP contribution >= 0.6 is 0 Å². The molecule has 1 aliphatic rings. The highest BCUT2D eigenvalue weighted by molar-refractivity contribution is 7.89. The molecule has 2 aromatic heterocycles. The third kappa shape index (κ3) is 4.14. The van der Waals surface area contributed by atoms with Gasteiger partial charge in [-0.1, -0.05) is 0 Å². The summed E-state index contributed by atoms with van der Waals surface area (Å²) in [7, 11) is -3.78. The zero-order valence-electron chi connectivity index (χ0n) is 16.6. The number of anilines is 2. The number of aryl methyl sites for hydroxylation is 2. The number of rotatable bonds is 5. The van der Waals surface area contributed by atoms with Crippen LogP contribution in [0, 0.1) is 19.7 Å². The Bertz CT molecular complexity index is 1150. The van der Waals surface area contributed by atoms with Gasteiger partial charge in [-0.3, -0.25) is 4.98 Å². The molecule has 0 amide bonds. The smallest absolute Gasteiger partial charge is 0.243 e. The van der Waals surface area contributed by atoms with E-state index in [1.165, 1.54) is 22.6 Å². The first-order valence-electron chi connectivity index (χ1n) is 9.51. The number of hydrogen-bond donors (Lipinski definition) is 1. The number of aromatic nitrogens is 4. The van der Waals surface area contributed by atoms with Crippen molar-refractivity contribution in [2.45, 2.75) is 37.6 Å². The Morgan fingerprint density at radius 1 is 1.07 bits per heavy atom. The van der Waals surface area contributed by atoms with Crippen LogP contribution < -0.4 is 5.32 Å². The SMILES string of the molecule is Cc1cc(C)nc(Nc2cncc([C@@H]3CCCN3S(=O)(=O)c3ccc(F)cc3)n2)n1. The standard InChI is InChI=1S/C20H21FN6O2S/c1-13-10-14(2)24-20(23-13)26-19-12-22-11-17(25-19)18-4-3-9-27(18)30(28,29)16-7-5-15(21)6-8-16/h5-8,10-12,18H,3-4,9H2,1-2H3,(H,23,24,25,26)/t18-/m0/s1. The van der Waals surface area contributed by atoms with E-state index in [2.05, 4.69) is 25.3 Å². The molecule has 156 valence electrons. The minimum absolute atomic E-state index is 0.0571. The molecule has 1 aliphatic heterocycles. The molecule has 30 heavy (non-hydrogen) atoms. The second-order valence-corrected chi connectivity index (χ2v) is 9.05. The summed E-state index contributed by atoms with van der Waals surface area (Å²) in [6.07, 6.45) is 4.43. The summed E-state index contributed by atoms with van der Waals surface area (Å²) in [5.41, 5.74) is 2.18. The second-order valence-electron chi connectivity index (χ2n) is 7.16. The summed E-state index contributed by atoms with van der Waals surface area (Å²) in [6.45, 7) is 4.11. The van der Waals surface area contributed by atoms with Crippen LogP contribution in [0.25, 0.3) is 0 Å². The third-order valence-corrected chi connectivity index (χ3v) is 6.76. The molecule has 3 heterocycles. The van der Waals surface area contributed by atoms with Gasteiger partial charge in [-0.2, -0.15) is 4.31 Å². The Morgan fingerprint density at radius 3 is 2.47 bits per heavy atom. The maximum Gasteiger partial charge on any atom is 0.243 e. The normalized spacial score (nSPS) is 17.2. The van der Waals surface area contributed by atoms with Gasteiger partial charge in [-0.25, -0.2) is 27.8 Å². The van der Waals surface area contributed by atoms with Crippen molar-refractivity contribution in [2.24, 2.45) is 0 Å². The van der Waals surface area contributed by atoms with Crippen LogP contribution in [0.5, 0.6) is 0 Å². The minimum atomic E-state index is -3.78. The summed E-state index contributed by atoms with van der Waals surface area (Å²) in [5.74, 6) is 0.356. The van der Waals surface area contributed by atoms with Crippen LogP contribution in [0.4, 0.5) is 16.2 Å². The predicted molar refractivity (Wildman–Crippen MR) is 109 cm³/mol. The van der Waals surface area contributed by atoms with E-state index in [4.69, 9.17) is 0 Å². The van der Waals surface area contributed by atoms with Gasteiger partial charge in [0, 0.05) is 17.9 Å².